The smallest absolute Gasteiger partial charge is 0.407 e. The molecule has 1 aliphatic rings. The van der Waals surface area contributed by atoms with Crippen LogP contribution in [-0.2, 0) is 5.54 Å². The van der Waals surface area contributed by atoms with Crippen molar-refractivity contribution in [1.82, 2.24) is 4.90 Å². The summed E-state index contributed by atoms with van der Waals surface area (Å²) in [5.74, 6) is 0. The highest BCUT2D eigenvalue weighted by Crippen LogP contribution is 2.29. The van der Waals surface area contributed by atoms with Gasteiger partial charge in [0.15, 0.2) is 0 Å². The Morgan fingerprint density at radius 2 is 1.81 bits per heavy atom. The van der Waals surface area contributed by atoms with Gasteiger partial charge in [-0.25, -0.2) is 4.79 Å². The molecular formula is C12H16N2O2. The van der Waals surface area contributed by atoms with Crippen LogP contribution in [0.2, 0.25) is 0 Å². The predicted molar refractivity (Wildman–Crippen MR) is 61.1 cm³/mol. The maximum Gasteiger partial charge on any atom is 0.407 e. The molecule has 2 rings (SSSR count). The molecule has 4 heteroatoms. The molecule has 3 N–H and O–H groups in total. The predicted octanol–water partition coefficient (Wildman–Crippen LogP) is 1.61. The molecule has 0 atom stereocenters. The fraction of sp³-hybridized carbons (Fsp3) is 0.417. The minimum atomic E-state index is -0.852. The van der Waals surface area contributed by atoms with Crippen molar-refractivity contribution in [3.8, 4) is 0 Å². The molecule has 0 bridgehead atoms. The van der Waals surface area contributed by atoms with E-state index in [9.17, 15) is 4.79 Å². The summed E-state index contributed by atoms with van der Waals surface area (Å²) in [4.78, 5) is 12.2. The Balaban J connectivity index is 2.10. The molecule has 1 amide bonds. The Hall–Kier alpha value is -1.55. The van der Waals surface area contributed by atoms with Gasteiger partial charge in [0.2, 0.25) is 0 Å². The molecule has 4 nitrogen and oxygen atoms in total. The number of carboxylic acid groups (broad SMARTS) is 1. The lowest BCUT2D eigenvalue weighted by Gasteiger charge is -2.38. The molecule has 16 heavy (non-hydrogen) atoms. The van der Waals surface area contributed by atoms with Gasteiger partial charge < -0.3 is 15.7 Å². The lowest BCUT2D eigenvalue weighted by Crippen LogP contribution is -2.49. The summed E-state index contributed by atoms with van der Waals surface area (Å²) in [7, 11) is 0. The van der Waals surface area contributed by atoms with Crippen molar-refractivity contribution in [3.05, 3.63) is 35.9 Å². The molecule has 0 spiro atoms. The van der Waals surface area contributed by atoms with E-state index in [2.05, 4.69) is 0 Å². The normalized spacial score (nSPS) is 19.4. The monoisotopic (exact) mass is 220 g/mol. The highest BCUT2D eigenvalue weighted by atomic mass is 16.4. The summed E-state index contributed by atoms with van der Waals surface area (Å²) in [6.07, 6.45) is 0.516. The van der Waals surface area contributed by atoms with Gasteiger partial charge in [0, 0.05) is 18.6 Å². The van der Waals surface area contributed by atoms with E-state index in [4.69, 9.17) is 10.8 Å². The van der Waals surface area contributed by atoms with Crippen molar-refractivity contribution in [2.45, 2.75) is 18.4 Å². The summed E-state index contributed by atoms with van der Waals surface area (Å²) in [6, 6.07) is 9.91. The molecule has 1 aromatic rings. The third-order valence-corrected chi connectivity index (χ3v) is 3.27. The van der Waals surface area contributed by atoms with Crippen molar-refractivity contribution in [2.75, 3.05) is 13.1 Å². The molecule has 1 saturated heterocycles. The summed E-state index contributed by atoms with van der Waals surface area (Å²) in [6.45, 7) is 1.03. The molecule has 1 fully saturated rings. The van der Waals surface area contributed by atoms with Crippen molar-refractivity contribution in [2.24, 2.45) is 5.73 Å². The molecular weight excluding hydrogens is 204 g/mol. The highest BCUT2D eigenvalue weighted by molar-refractivity contribution is 5.65. The number of rotatable bonds is 1. The maximum atomic E-state index is 10.8. The van der Waals surface area contributed by atoms with E-state index in [1.165, 1.54) is 4.90 Å². The Bertz CT molecular complexity index is 370. The molecule has 0 aliphatic carbocycles. The van der Waals surface area contributed by atoms with Gasteiger partial charge in [-0.2, -0.15) is 0 Å². The highest BCUT2D eigenvalue weighted by Gasteiger charge is 2.33. The number of carbonyl (C=O) groups is 1. The zero-order valence-electron chi connectivity index (χ0n) is 9.10. The second-order valence-electron chi connectivity index (χ2n) is 4.29. The van der Waals surface area contributed by atoms with Crippen molar-refractivity contribution in [1.29, 1.82) is 0 Å². The number of piperidine rings is 1. The number of benzene rings is 1. The van der Waals surface area contributed by atoms with Crippen LogP contribution in [0.3, 0.4) is 0 Å². The van der Waals surface area contributed by atoms with Crippen LogP contribution >= 0.6 is 0 Å². The number of likely N-dealkylation sites (tertiary alicyclic amines) is 1. The third kappa shape index (κ3) is 2.02. The van der Waals surface area contributed by atoms with Gasteiger partial charge in [-0.05, 0) is 18.4 Å². The largest absolute Gasteiger partial charge is 0.465 e. The minimum absolute atomic E-state index is 0.368. The number of amides is 1. The van der Waals surface area contributed by atoms with E-state index >= 15 is 0 Å². The lowest BCUT2D eigenvalue weighted by atomic mass is 9.82. The van der Waals surface area contributed by atoms with Gasteiger partial charge in [0.25, 0.3) is 0 Å². The quantitative estimate of drug-likeness (QED) is 0.755. The van der Waals surface area contributed by atoms with E-state index in [0.29, 0.717) is 25.9 Å². The van der Waals surface area contributed by atoms with Gasteiger partial charge in [-0.1, -0.05) is 30.3 Å². The van der Waals surface area contributed by atoms with Gasteiger partial charge in [-0.3, -0.25) is 0 Å². The minimum Gasteiger partial charge on any atom is -0.465 e. The summed E-state index contributed by atoms with van der Waals surface area (Å²) < 4.78 is 0. The zero-order valence-corrected chi connectivity index (χ0v) is 9.10. The summed E-state index contributed by atoms with van der Waals surface area (Å²) in [5.41, 5.74) is 7.05. The topological polar surface area (TPSA) is 66.6 Å². The maximum absolute atomic E-state index is 10.8. The van der Waals surface area contributed by atoms with E-state index < -0.39 is 6.09 Å². The second-order valence-corrected chi connectivity index (χ2v) is 4.29. The molecule has 1 heterocycles. The number of hydrogen-bond donors (Lipinski definition) is 2. The van der Waals surface area contributed by atoms with Crippen LogP contribution in [0.1, 0.15) is 18.4 Å². The SMILES string of the molecule is NC1(c2ccccc2)CCN(C(=O)O)CC1. The van der Waals surface area contributed by atoms with Crippen molar-refractivity contribution in [3.63, 3.8) is 0 Å². The summed E-state index contributed by atoms with van der Waals surface area (Å²) in [5, 5.41) is 8.86. The van der Waals surface area contributed by atoms with E-state index in [0.717, 1.165) is 5.56 Å². The van der Waals surface area contributed by atoms with Crippen LogP contribution in [0.15, 0.2) is 30.3 Å². The first-order chi connectivity index (χ1) is 7.62. The summed E-state index contributed by atoms with van der Waals surface area (Å²) >= 11 is 0. The fourth-order valence-electron chi connectivity index (χ4n) is 2.16. The van der Waals surface area contributed by atoms with Crippen LogP contribution in [0.5, 0.6) is 0 Å². The Labute approximate surface area is 94.7 Å². The van der Waals surface area contributed by atoms with Gasteiger partial charge in [0.1, 0.15) is 0 Å². The zero-order chi connectivity index (χ0) is 11.6. The van der Waals surface area contributed by atoms with E-state index in [1.54, 1.807) is 0 Å². The Morgan fingerprint density at radius 1 is 1.25 bits per heavy atom. The average molecular weight is 220 g/mol. The van der Waals surface area contributed by atoms with E-state index in [1.807, 2.05) is 30.3 Å². The number of nitrogens with two attached hydrogens (primary N) is 1. The average Bonchev–Trinajstić information content (AvgIpc) is 2.31. The van der Waals surface area contributed by atoms with Crippen LogP contribution in [0.4, 0.5) is 4.79 Å². The first-order valence-electron chi connectivity index (χ1n) is 5.44. The van der Waals surface area contributed by atoms with Crippen molar-refractivity contribution >= 4 is 6.09 Å². The standard InChI is InChI=1S/C12H16N2O2/c13-12(10-4-2-1-3-5-10)6-8-14(9-7-12)11(15)16/h1-5H,6-9,13H2,(H,15,16). The fourth-order valence-corrected chi connectivity index (χ4v) is 2.16. The second kappa shape index (κ2) is 4.14. The molecule has 1 aromatic carbocycles. The molecule has 86 valence electrons. The molecule has 0 aromatic heterocycles. The van der Waals surface area contributed by atoms with Crippen LogP contribution in [-0.4, -0.2) is 29.2 Å². The van der Waals surface area contributed by atoms with Gasteiger partial charge in [-0.15, -0.1) is 0 Å². The first kappa shape index (κ1) is 11.0. The van der Waals surface area contributed by atoms with Crippen molar-refractivity contribution < 1.29 is 9.90 Å². The molecule has 0 unspecified atom stereocenters. The third-order valence-electron chi connectivity index (χ3n) is 3.27. The number of nitrogens with zero attached hydrogens (tertiary/aromatic N) is 1. The Morgan fingerprint density at radius 3 is 2.31 bits per heavy atom. The molecule has 0 saturated carbocycles. The molecule has 0 radical (unpaired) electrons. The Kier molecular flexibility index (Phi) is 2.83. The van der Waals surface area contributed by atoms with Crippen LogP contribution < -0.4 is 5.73 Å². The lowest BCUT2D eigenvalue weighted by molar-refractivity contribution is 0.117. The van der Waals surface area contributed by atoms with Gasteiger partial charge >= 0.3 is 6.09 Å². The molecule has 1 aliphatic heterocycles. The van der Waals surface area contributed by atoms with Crippen LogP contribution in [0.25, 0.3) is 0 Å². The van der Waals surface area contributed by atoms with E-state index in [-0.39, 0.29) is 5.54 Å². The van der Waals surface area contributed by atoms with Crippen LogP contribution in [0, 0.1) is 0 Å². The van der Waals surface area contributed by atoms with Gasteiger partial charge in [0.05, 0.1) is 0 Å². The number of hydrogen-bond acceptors (Lipinski definition) is 2. The first-order valence-corrected chi connectivity index (χ1v) is 5.44.